The molecule has 6 nitrogen and oxygen atoms in total. The maximum absolute atomic E-state index is 12.1. The van der Waals surface area contributed by atoms with E-state index in [9.17, 15) is 4.79 Å². The third-order valence-corrected chi connectivity index (χ3v) is 4.60. The van der Waals surface area contributed by atoms with Crippen molar-refractivity contribution < 1.29 is 9.32 Å². The lowest BCUT2D eigenvalue weighted by Gasteiger charge is -2.26. The van der Waals surface area contributed by atoms with Crippen molar-refractivity contribution in [3.8, 4) is 0 Å². The topological polar surface area (TPSA) is 80.0 Å². The van der Waals surface area contributed by atoms with Gasteiger partial charge in [0.1, 0.15) is 0 Å². The molecule has 2 fully saturated rings. The summed E-state index contributed by atoms with van der Waals surface area (Å²) in [5.74, 6) is 1.82. The summed E-state index contributed by atoms with van der Waals surface area (Å²) in [7, 11) is 0. The molecule has 2 aliphatic rings. The Kier molecular flexibility index (Phi) is 4.53. The highest BCUT2D eigenvalue weighted by molar-refractivity contribution is 5.90. The first kappa shape index (κ1) is 14.5. The van der Waals surface area contributed by atoms with E-state index < -0.39 is 0 Å². The summed E-state index contributed by atoms with van der Waals surface area (Å²) in [4.78, 5) is 16.3. The highest BCUT2D eigenvalue weighted by Gasteiger charge is 2.25. The number of nitrogens with one attached hydrogen (secondary N) is 2. The summed E-state index contributed by atoms with van der Waals surface area (Å²) in [6.45, 7) is 3.97. The number of hydrogen-bond donors (Lipinski definition) is 2. The summed E-state index contributed by atoms with van der Waals surface area (Å²) in [5.41, 5.74) is 0. The van der Waals surface area contributed by atoms with Gasteiger partial charge in [-0.1, -0.05) is 24.9 Å². The van der Waals surface area contributed by atoms with E-state index >= 15 is 0 Å². The second kappa shape index (κ2) is 6.56. The third-order valence-electron chi connectivity index (χ3n) is 4.60. The maximum atomic E-state index is 12.1. The van der Waals surface area contributed by atoms with Crippen LogP contribution in [0, 0.1) is 11.8 Å². The van der Waals surface area contributed by atoms with E-state index in [0.29, 0.717) is 18.4 Å². The van der Waals surface area contributed by atoms with E-state index in [4.69, 9.17) is 4.52 Å². The number of nitrogens with zero attached hydrogens (tertiary/aromatic N) is 2. The van der Waals surface area contributed by atoms with Gasteiger partial charge >= 0.3 is 0 Å². The molecule has 3 atom stereocenters. The van der Waals surface area contributed by atoms with Gasteiger partial charge in [0, 0.05) is 6.54 Å². The molecule has 1 saturated heterocycles. The van der Waals surface area contributed by atoms with Gasteiger partial charge in [0.15, 0.2) is 0 Å². The molecule has 6 heteroatoms. The van der Waals surface area contributed by atoms with Crippen molar-refractivity contribution in [1.29, 1.82) is 0 Å². The van der Waals surface area contributed by atoms with Gasteiger partial charge in [0.2, 0.25) is 5.89 Å². The van der Waals surface area contributed by atoms with Crippen molar-refractivity contribution in [3.63, 3.8) is 0 Å². The van der Waals surface area contributed by atoms with Crippen molar-refractivity contribution in [2.45, 2.75) is 51.5 Å². The van der Waals surface area contributed by atoms with Crippen LogP contribution < -0.4 is 10.6 Å². The van der Waals surface area contributed by atoms with Gasteiger partial charge in [-0.05, 0) is 44.1 Å². The zero-order chi connectivity index (χ0) is 14.7. The minimum absolute atomic E-state index is 0.109. The molecule has 3 rings (SSSR count). The normalized spacial score (nSPS) is 29.5. The summed E-state index contributed by atoms with van der Waals surface area (Å²) < 4.78 is 5.19. The molecule has 116 valence electrons. The van der Waals surface area contributed by atoms with E-state index in [1.807, 2.05) is 0 Å². The molecule has 2 heterocycles. The Bertz CT molecular complexity index is 482. The van der Waals surface area contributed by atoms with E-state index in [1.165, 1.54) is 25.7 Å². The first-order valence-electron chi connectivity index (χ1n) is 8.07. The van der Waals surface area contributed by atoms with E-state index in [0.717, 1.165) is 25.3 Å². The molecule has 21 heavy (non-hydrogen) atoms. The zero-order valence-corrected chi connectivity index (χ0v) is 12.6. The largest absolute Gasteiger partial charge is 0.349 e. The van der Waals surface area contributed by atoms with Crippen LogP contribution in [0.5, 0.6) is 0 Å². The fourth-order valence-corrected chi connectivity index (χ4v) is 3.43. The Labute approximate surface area is 125 Å². The number of rotatable bonds is 4. The molecule has 0 spiro atoms. The van der Waals surface area contributed by atoms with Gasteiger partial charge in [-0.15, -0.1) is 0 Å². The van der Waals surface area contributed by atoms with Crippen molar-refractivity contribution in [2.75, 3.05) is 13.1 Å². The van der Waals surface area contributed by atoms with Crippen LogP contribution in [0.15, 0.2) is 4.52 Å². The van der Waals surface area contributed by atoms with Crippen LogP contribution in [-0.2, 0) is 0 Å². The third kappa shape index (κ3) is 3.61. The zero-order valence-electron chi connectivity index (χ0n) is 12.6. The van der Waals surface area contributed by atoms with Gasteiger partial charge in [0.05, 0.1) is 6.04 Å². The maximum Gasteiger partial charge on any atom is 0.292 e. The van der Waals surface area contributed by atoms with Crippen molar-refractivity contribution in [1.82, 2.24) is 20.8 Å². The van der Waals surface area contributed by atoms with Gasteiger partial charge < -0.3 is 15.2 Å². The molecule has 1 aromatic rings. The predicted octanol–water partition coefficient (Wildman–Crippen LogP) is 2.05. The minimum Gasteiger partial charge on any atom is -0.349 e. The molecule has 2 N–H and O–H groups in total. The van der Waals surface area contributed by atoms with Crippen LogP contribution in [0.3, 0.4) is 0 Å². The first-order valence-corrected chi connectivity index (χ1v) is 8.07. The second-order valence-corrected chi connectivity index (χ2v) is 6.45. The standard InChI is InChI=1S/C15H24N4O2/c1-10-4-2-5-11(8-10)9-17-14(20)13-18-15(21-19-13)12-6-3-7-16-12/h10-12,16H,2-9H2,1H3,(H,17,20). The Morgan fingerprint density at radius 3 is 3.05 bits per heavy atom. The van der Waals surface area contributed by atoms with Crippen LogP contribution in [0.1, 0.15) is 68.0 Å². The number of carbonyl (C=O) groups is 1. The Morgan fingerprint density at radius 1 is 1.38 bits per heavy atom. The summed E-state index contributed by atoms with van der Waals surface area (Å²) in [5, 5.41) is 10.0. The molecule has 1 amide bonds. The number of amides is 1. The lowest BCUT2D eigenvalue weighted by molar-refractivity contribution is 0.0927. The Hall–Kier alpha value is -1.43. The molecular formula is C15H24N4O2. The average Bonchev–Trinajstić information content (AvgIpc) is 3.15. The van der Waals surface area contributed by atoms with E-state index in [1.54, 1.807) is 0 Å². The second-order valence-electron chi connectivity index (χ2n) is 6.45. The van der Waals surface area contributed by atoms with E-state index in [-0.39, 0.29) is 17.8 Å². The smallest absolute Gasteiger partial charge is 0.292 e. The summed E-state index contributed by atoms with van der Waals surface area (Å²) >= 11 is 0. The SMILES string of the molecule is CC1CCCC(CNC(=O)c2noc(C3CCCN3)n2)C1. The van der Waals surface area contributed by atoms with Crippen LogP contribution in [-0.4, -0.2) is 29.1 Å². The first-order chi connectivity index (χ1) is 10.2. The van der Waals surface area contributed by atoms with Crippen molar-refractivity contribution in [2.24, 2.45) is 11.8 Å². The Morgan fingerprint density at radius 2 is 2.29 bits per heavy atom. The summed E-state index contributed by atoms with van der Waals surface area (Å²) in [6, 6.07) is 0.109. The van der Waals surface area contributed by atoms with Crippen LogP contribution >= 0.6 is 0 Å². The molecule has 1 aliphatic carbocycles. The summed E-state index contributed by atoms with van der Waals surface area (Å²) in [6.07, 6.45) is 7.07. The van der Waals surface area contributed by atoms with Crippen LogP contribution in [0.4, 0.5) is 0 Å². The van der Waals surface area contributed by atoms with Crippen LogP contribution in [0.2, 0.25) is 0 Å². The highest BCUT2D eigenvalue weighted by Crippen LogP contribution is 2.28. The van der Waals surface area contributed by atoms with Gasteiger partial charge in [-0.3, -0.25) is 4.79 Å². The van der Waals surface area contributed by atoms with Crippen LogP contribution in [0.25, 0.3) is 0 Å². The fraction of sp³-hybridized carbons (Fsp3) is 0.800. The molecule has 3 unspecified atom stereocenters. The van der Waals surface area contributed by atoms with Gasteiger partial charge in [0.25, 0.3) is 11.7 Å². The lowest BCUT2D eigenvalue weighted by atomic mass is 9.82. The quantitative estimate of drug-likeness (QED) is 0.888. The molecule has 0 radical (unpaired) electrons. The molecule has 0 aromatic carbocycles. The monoisotopic (exact) mass is 292 g/mol. The number of aromatic nitrogens is 2. The predicted molar refractivity (Wildman–Crippen MR) is 77.7 cm³/mol. The number of hydrogen-bond acceptors (Lipinski definition) is 5. The molecule has 1 aromatic heterocycles. The molecular weight excluding hydrogens is 268 g/mol. The minimum atomic E-state index is -0.221. The lowest BCUT2D eigenvalue weighted by Crippen LogP contribution is -2.32. The fourth-order valence-electron chi connectivity index (χ4n) is 3.43. The van der Waals surface area contributed by atoms with Gasteiger partial charge in [-0.2, -0.15) is 4.98 Å². The molecule has 0 bridgehead atoms. The average molecular weight is 292 g/mol. The number of carbonyl (C=O) groups excluding carboxylic acids is 1. The highest BCUT2D eigenvalue weighted by atomic mass is 16.5. The van der Waals surface area contributed by atoms with Gasteiger partial charge in [-0.25, -0.2) is 0 Å². The molecule has 1 aliphatic heterocycles. The van der Waals surface area contributed by atoms with Crippen molar-refractivity contribution >= 4 is 5.91 Å². The Balaban J connectivity index is 1.50. The van der Waals surface area contributed by atoms with E-state index in [2.05, 4.69) is 27.7 Å². The van der Waals surface area contributed by atoms with Crippen molar-refractivity contribution in [3.05, 3.63) is 11.7 Å². The molecule has 1 saturated carbocycles.